The van der Waals surface area contributed by atoms with E-state index < -0.39 is 21.7 Å². The van der Waals surface area contributed by atoms with Crippen LogP contribution in [-0.2, 0) is 16.6 Å². The van der Waals surface area contributed by atoms with Crippen molar-refractivity contribution in [2.45, 2.75) is 6.54 Å². The molecule has 7 heteroatoms. The van der Waals surface area contributed by atoms with Crippen molar-refractivity contribution in [1.82, 2.24) is 9.21 Å². The second kappa shape index (κ2) is 8.07. The fourth-order valence-corrected chi connectivity index (χ4v) is 4.04. The number of benzene rings is 2. The molecule has 0 unspecified atom stereocenters. The Bertz CT molecular complexity index is 878. The van der Waals surface area contributed by atoms with Gasteiger partial charge in [0.25, 0.3) is 0 Å². The standard InChI is InChI=1S/C19H20F2N2O2S/c20-18-8-4-7-17(19(18)21)15-22-10-12-23(13-11-22)26(24,25)14-9-16-5-2-1-3-6-16/h1-9,14H,10-13,15H2/b14-9+. The molecule has 2 aromatic rings. The van der Waals surface area contributed by atoms with Gasteiger partial charge in [0, 0.05) is 43.7 Å². The Hall–Kier alpha value is -2.09. The van der Waals surface area contributed by atoms with Crippen LogP contribution in [0, 0.1) is 11.6 Å². The molecule has 0 aromatic heterocycles. The maximum absolute atomic E-state index is 13.8. The van der Waals surface area contributed by atoms with Crippen LogP contribution in [0.5, 0.6) is 0 Å². The first-order chi connectivity index (χ1) is 12.5. The molecule has 2 aromatic carbocycles. The van der Waals surface area contributed by atoms with Crippen molar-refractivity contribution in [3.05, 3.63) is 76.7 Å². The molecule has 0 atom stereocenters. The smallest absolute Gasteiger partial charge is 0.236 e. The first-order valence-electron chi connectivity index (χ1n) is 8.34. The summed E-state index contributed by atoms with van der Waals surface area (Å²) < 4.78 is 53.3. The topological polar surface area (TPSA) is 40.6 Å². The Morgan fingerprint density at radius 2 is 1.62 bits per heavy atom. The fraction of sp³-hybridized carbons (Fsp3) is 0.263. The van der Waals surface area contributed by atoms with Crippen molar-refractivity contribution in [1.29, 1.82) is 0 Å². The van der Waals surface area contributed by atoms with Crippen molar-refractivity contribution < 1.29 is 17.2 Å². The maximum Gasteiger partial charge on any atom is 0.236 e. The van der Waals surface area contributed by atoms with E-state index in [1.54, 1.807) is 12.1 Å². The summed E-state index contributed by atoms with van der Waals surface area (Å²) in [6.45, 7) is 1.83. The van der Waals surface area contributed by atoms with Crippen LogP contribution >= 0.6 is 0 Å². The zero-order valence-electron chi connectivity index (χ0n) is 14.2. The summed E-state index contributed by atoms with van der Waals surface area (Å²) in [5, 5.41) is 1.21. The number of nitrogens with zero attached hydrogens (tertiary/aromatic N) is 2. The molecule has 26 heavy (non-hydrogen) atoms. The molecule has 3 rings (SSSR count). The highest BCUT2D eigenvalue weighted by atomic mass is 32.2. The molecule has 0 aliphatic carbocycles. The zero-order chi connectivity index (χ0) is 18.6. The maximum atomic E-state index is 13.8. The van der Waals surface area contributed by atoms with E-state index in [-0.39, 0.29) is 12.1 Å². The average Bonchev–Trinajstić information content (AvgIpc) is 2.65. The number of hydrogen-bond acceptors (Lipinski definition) is 3. The van der Waals surface area contributed by atoms with Crippen LogP contribution in [0.15, 0.2) is 53.9 Å². The highest BCUT2D eigenvalue weighted by Gasteiger charge is 2.25. The van der Waals surface area contributed by atoms with E-state index in [4.69, 9.17) is 0 Å². The lowest BCUT2D eigenvalue weighted by atomic mass is 10.2. The van der Waals surface area contributed by atoms with Crippen LogP contribution in [0.1, 0.15) is 11.1 Å². The molecule has 138 valence electrons. The van der Waals surface area contributed by atoms with Gasteiger partial charge in [0.05, 0.1) is 0 Å². The lowest BCUT2D eigenvalue weighted by Crippen LogP contribution is -2.47. The fourth-order valence-electron chi connectivity index (χ4n) is 2.87. The summed E-state index contributed by atoms with van der Waals surface area (Å²) in [5.74, 6) is -1.71. The van der Waals surface area contributed by atoms with Crippen molar-refractivity contribution in [3.8, 4) is 0 Å². The first-order valence-corrected chi connectivity index (χ1v) is 9.84. The second-order valence-corrected chi connectivity index (χ2v) is 7.97. The van der Waals surface area contributed by atoms with Gasteiger partial charge in [0.15, 0.2) is 11.6 Å². The van der Waals surface area contributed by atoms with E-state index in [0.29, 0.717) is 26.2 Å². The number of sulfonamides is 1. The Morgan fingerprint density at radius 1 is 0.923 bits per heavy atom. The van der Waals surface area contributed by atoms with Crippen molar-refractivity contribution in [2.75, 3.05) is 26.2 Å². The van der Waals surface area contributed by atoms with Gasteiger partial charge in [-0.1, -0.05) is 42.5 Å². The zero-order valence-corrected chi connectivity index (χ0v) is 15.0. The quantitative estimate of drug-likeness (QED) is 0.803. The predicted octanol–water partition coefficient (Wildman–Crippen LogP) is 3.08. The van der Waals surface area contributed by atoms with Gasteiger partial charge < -0.3 is 0 Å². The molecule has 0 amide bonds. The highest BCUT2D eigenvalue weighted by molar-refractivity contribution is 7.92. The summed E-state index contributed by atoms with van der Waals surface area (Å²) in [6.07, 6.45) is 1.57. The van der Waals surface area contributed by atoms with Crippen molar-refractivity contribution in [2.24, 2.45) is 0 Å². The molecule has 0 radical (unpaired) electrons. The third-order valence-electron chi connectivity index (χ3n) is 4.35. The van der Waals surface area contributed by atoms with Gasteiger partial charge in [-0.15, -0.1) is 0 Å². The molecule has 0 spiro atoms. The SMILES string of the molecule is O=S(=O)(/C=C/c1ccccc1)N1CCN(Cc2cccc(F)c2F)CC1. The van der Waals surface area contributed by atoms with Crippen molar-refractivity contribution in [3.63, 3.8) is 0 Å². The Kier molecular flexibility index (Phi) is 5.80. The minimum absolute atomic E-state index is 0.261. The molecule has 4 nitrogen and oxygen atoms in total. The summed E-state index contributed by atoms with van der Waals surface area (Å²) in [7, 11) is -3.50. The Balaban J connectivity index is 1.59. The lowest BCUT2D eigenvalue weighted by Gasteiger charge is -2.33. The molecule has 1 fully saturated rings. The van der Waals surface area contributed by atoms with E-state index >= 15 is 0 Å². The van der Waals surface area contributed by atoms with Gasteiger partial charge in [-0.05, 0) is 17.7 Å². The van der Waals surface area contributed by atoms with Gasteiger partial charge in [-0.25, -0.2) is 17.2 Å². The van der Waals surface area contributed by atoms with Gasteiger partial charge in [-0.3, -0.25) is 4.90 Å². The van der Waals surface area contributed by atoms with E-state index in [1.165, 1.54) is 15.8 Å². The monoisotopic (exact) mass is 378 g/mol. The summed E-state index contributed by atoms with van der Waals surface area (Å²) in [6, 6.07) is 13.3. The summed E-state index contributed by atoms with van der Waals surface area (Å²) in [4.78, 5) is 1.92. The van der Waals surface area contributed by atoms with E-state index in [0.717, 1.165) is 11.6 Å². The van der Waals surface area contributed by atoms with Crippen LogP contribution in [0.4, 0.5) is 8.78 Å². The minimum Gasteiger partial charge on any atom is -0.296 e. The largest absolute Gasteiger partial charge is 0.296 e. The Labute approximate surface area is 152 Å². The third kappa shape index (κ3) is 4.55. The number of piperazine rings is 1. The third-order valence-corrected chi connectivity index (χ3v) is 5.91. The summed E-state index contributed by atoms with van der Waals surface area (Å²) >= 11 is 0. The molecular weight excluding hydrogens is 358 g/mol. The molecule has 1 aliphatic rings. The normalized spacial score (nSPS) is 17.0. The van der Waals surface area contributed by atoms with Gasteiger partial charge in [0.2, 0.25) is 10.0 Å². The number of hydrogen-bond donors (Lipinski definition) is 0. The van der Waals surface area contributed by atoms with Crippen molar-refractivity contribution >= 4 is 16.1 Å². The van der Waals surface area contributed by atoms with E-state index in [9.17, 15) is 17.2 Å². The molecule has 0 bridgehead atoms. The number of halogens is 2. The average molecular weight is 378 g/mol. The molecule has 0 saturated carbocycles. The van der Waals surface area contributed by atoms with Gasteiger partial charge in [0.1, 0.15) is 0 Å². The molecule has 1 heterocycles. The van der Waals surface area contributed by atoms with Crippen LogP contribution in [0.2, 0.25) is 0 Å². The molecule has 1 saturated heterocycles. The first kappa shape index (κ1) is 18.7. The number of rotatable bonds is 5. The molecule has 0 N–H and O–H groups in total. The molecule has 1 aliphatic heterocycles. The van der Waals surface area contributed by atoms with Crippen LogP contribution in [0.3, 0.4) is 0 Å². The lowest BCUT2D eigenvalue weighted by molar-refractivity contribution is 0.180. The van der Waals surface area contributed by atoms with Crippen LogP contribution < -0.4 is 0 Å². The predicted molar refractivity (Wildman–Crippen MR) is 97.6 cm³/mol. The van der Waals surface area contributed by atoms with Gasteiger partial charge >= 0.3 is 0 Å². The van der Waals surface area contributed by atoms with Crippen LogP contribution in [-0.4, -0.2) is 43.8 Å². The van der Waals surface area contributed by atoms with Crippen LogP contribution in [0.25, 0.3) is 6.08 Å². The second-order valence-electron chi connectivity index (χ2n) is 6.15. The summed E-state index contributed by atoms with van der Waals surface area (Å²) in [5.41, 5.74) is 1.10. The highest BCUT2D eigenvalue weighted by Crippen LogP contribution is 2.17. The minimum atomic E-state index is -3.50. The van der Waals surface area contributed by atoms with E-state index in [2.05, 4.69) is 0 Å². The Morgan fingerprint density at radius 3 is 2.31 bits per heavy atom. The molecular formula is C19H20F2N2O2S. The van der Waals surface area contributed by atoms with E-state index in [1.807, 2.05) is 35.2 Å². The van der Waals surface area contributed by atoms with Gasteiger partial charge in [-0.2, -0.15) is 4.31 Å².